The maximum absolute atomic E-state index is 6.34. The lowest BCUT2D eigenvalue weighted by atomic mass is 9.97. The number of unbranched alkanes of at least 4 members (excludes halogenated alkanes) is 27. The molecule has 1 atom stereocenters. The molecule has 4 nitrogen and oxygen atoms in total. The average Bonchev–Trinajstić information content (AvgIpc) is 4.03. The Labute approximate surface area is 427 Å². The molecule has 0 saturated carbocycles. The van der Waals surface area contributed by atoms with E-state index in [2.05, 4.69) is 129 Å². The molecule has 6 rings (SSSR count). The highest BCUT2D eigenvalue weighted by Gasteiger charge is 2.28. The van der Waals surface area contributed by atoms with Crippen molar-refractivity contribution in [3.8, 4) is 11.5 Å². The molecule has 0 saturated heterocycles. The first kappa shape index (κ1) is 54.9. The number of hydrogen-bond acceptors (Lipinski definition) is 4. The number of oxazole rings is 1. The van der Waals surface area contributed by atoms with Gasteiger partial charge in [-0.25, -0.2) is 4.98 Å². The SMILES string of the molecule is CCCCCCCCCCCCc1ccc(C=CC2=NN(c3ccc(-c4nc5cc(CCCCCCCCCCCC)ccc5o4)cc3)C(c3ccc(CCCCCCCCCCCC)cc3)C2)cc1. The van der Waals surface area contributed by atoms with Gasteiger partial charge in [0.05, 0.1) is 17.4 Å². The Hall–Kier alpha value is -4.44. The smallest absolute Gasteiger partial charge is 0.227 e. The van der Waals surface area contributed by atoms with E-state index in [1.165, 1.54) is 227 Å². The van der Waals surface area contributed by atoms with Crippen LogP contribution in [0.25, 0.3) is 28.6 Å². The summed E-state index contributed by atoms with van der Waals surface area (Å²) in [6.07, 6.45) is 49.9. The number of aryl methyl sites for hydroxylation is 3. The van der Waals surface area contributed by atoms with Crippen molar-refractivity contribution in [3.05, 3.63) is 125 Å². The van der Waals surface area contributed by atoms with Gasteiger partial charge in [-0.1, -0.05) is 255 Å². The second kappa shape index (κ2) is 33.3. The second-order valence-corrected chi connectivity index (χ2v) is 21.1. The number of anilines is 1. The lowest BCUT2D eigenvalue weighted by Crippen LogP contribution is -2.18. The van der Waals surface area contributed by atoms with Gasteiger partial charge >= 0.3 is 0 Å². The van der Waals surface area contributed by atoms with E-state index >= 15 is 0 Å². The van der Waals surface area contributed by atoms with Crippen LogP contribution in [0.3, 0.4) is 0 Å². The standard InChI is InChI=1S/C66H95N3O/c1-4-7-10-13-16-19-22-25-28-31-34-55-37-39-57(40-38-55)43-49-61-54-64(59-45-41-56(42-46-59)35-32-29-26-23-20-17-14-11-8-5-2)69(68-61)62-50-47-60(48-51-62)66-67-63-53-58(44-52-65(63)70-66)36-33-30-27-24-21-18-15-12-9-6-3/h37-53,64H,4-36,54H2,1-3H3. The summed E-state index contributed by atoms with van der Waals surface area (Å²) in [5.74, 6) is 0.676. The maximum Gasteiger partial charge on any atom is 0.227 e. The van der Waals surface area contributed by atoms with Crippen LogP contribution in [0, 0.1) is 0 Å². The molecule has 4 heteroatoms. The Bertz CT molecular complexity index is 2180. The summed E-state index contributed by atoms with van der Waals surface area (Å²) in [4.78, 5) is 4.98. The Balaban J connectivity index is 1.04. The second-order valence-electron chi connectivity index (χ2n) is 21.1. The summed E-state index contributed by atoms with van der Waals surface area (Å²) in [6, 6.07) is 34.0. The van der Waals surface area contributed by atoms with E-state index in [9.17, 15) is 0 Å². The quantitative estimate of drug-likeness (QED) is 0.0370. The van der Waals surface area contributed by atoms with E-state index < -0.39 is 0 Å². The maximum atomic E-state index is 6.34. The average molecular weight is 947 g/mol. The zero-order valence-corrected chi connectivity index (χ0v) is 44.7. The topological polar surface area (TPSA) is 41.6 Å². The minimum Gasteiger partial charge on any atom is -0.436 e. The van der Waals surface area contributed by atoms with Crippen molar-refractivity contribution in [2.24, 2.45) is 5.10 Å². The molecule has 0 bridgehead atoms. The molecule has 70 heavy (non-hydrogen) atoms. The predicted molar refractivity (Wildman–Crippen MR) is 305 cm³/mol. The van der Waals surface area contributed by atoms with Crippen molar-refractivity contribution in [1.82, 2.24) is 4.98 Å². The number of hydrazone groups is 1. The predicted octanol–water partition coefficient (Wildman–Crippen LogP) is 20.9. The van der Waals surface area contributed by atoms with Gasteiger partial charge in [0.2, 0.25) is 5.89 Å². The normalized spacial score (nSPS) is 13.9. The first-order valence-electron chi connectivity index (χ1n) is 29.4. The Morgan fingerprint density at radius 1 is 0.457 bits per heavy atom. The van der Waals surface area contributed by atoms with Crippen molar-refractivity contribution >= 4 is 28.6 Å². The molecule has 0 N–H and O–H groups in total. The van der Waals surface area contributed by atoms with E-state index in [0.29, 0.717) is 5.89 Å². The summed E-state index contributed by atoms with van der Waals surface area (Å²) in [5, 5.41) is 7.53. The Morgan fingerprint density at radius 3 is 1.37 bits per heavy atom. The highest BCUT2D eigenvalue weighted by Crippen LogP contribution is 2.37. The van der Waals surface area contributed by atoms with Gasteiger partial charge in [-0.05, 0) is 109 Å². The van der Waals surface area contributed by atoms with Gasteiger partial charge in [0.25, 0.3) is 0 Å². The lowest BCUT2D eigenvalue weighted by Gasteiger charge is -2.24. The molecule has 0 fully saturated rings. The van der Waals surface area contributed by atoms with Crippen LogP contribution in [-0.2, 0) is 19.3 Å². The van der Waals surface area contributed by atoms with Crippen LogP contribution in [0.4, 0.5) is 5.69 Å². The number of fused-ring (bicyclic) bond motifs is 1. The van der Waals surface area contributed by atoms with Crippen LogP contribution in [0.2, 0.25) is 0 Å². The summed E-state index contributed by atoms with van der Waals surface area (Å²) < 4.78 is 6.34. The Kier molecular flexibility index (Phi) is 26.1. The van der Waals surface area contributed by atoms with Crippen LogP contribution < -0.4 is 5.01 Å². The van der Waals surface area contributed by atoms with E-state index in [0.717, 1.165) is 47.3 Å². The van der Waals surface area contributed by atoms with Crippen LogP contribution in [0.1, 0.15) is 254 Å². The van der Waals surface area contributed by atoms with Crippen molar-refractivity contribution in [3.63, 3.8) is 0 Å². The highest BCUT2D eigenvalue weighted by molar-refractivity contribution is 6.01. The fourth-order valence-electron chi connectivity index (χ4n) is 10.5. The van der Waals surface area contributed by atoms with E-state index in [1.807, 2.05) is 0 Å². The van der Waals surface area contributed by atoms with E-state index in [1.54, 1.807) is 0 Å². The molecule has 1 aliphatic rings. The molecule has 1 aromatic heterocycles. The van der Waals surface area contributed by atoms with Crippen LogP contribution in [-0.4, -0.2) is 10.7 Å². The molecular weight excluding hydrogens is 851 g/mol. The minimum absolute atomic E-state index is 0.124. The molecule has 2 heterocycles. The van der Waals surface area contributed by atoms with Gasteiger partial charge in [-0.2, -0.15) is 5.10 Å². The van der Waals surface area contributed by atoms with Crippen molar-refractivity contribution in [1.29, 1.82) is 0 Å². The van der Waals surface area contributed by atoms with Crippen LogP contribution >= 0.6 is 0 Å². The summed E-state index contributed by atoms with van der Waals surface area (Å²) in [7, 11) is 0. The molecule has 1 unspecified atom stereocenters. The Morgan fingerprint density at radius 2 is 0.886 bits per heavy atom. The monoisotopic (exact) mass is 946 g/mol. The van der Waals surface area contributed by atoms with Crippen LogP contribution in [0.5, 0.6) is 0 Å². The third-order valence-corrected chi connectivity index (χ3v) is 15.0. The fourth-order valence-corrected chi connectivity index (χ4v) is 10.5. The summed E-state index contributed by atoms with van der Waals surface area (Å²) in [6.45, 7) is 6.89. The number of hydrogen-bond donors (Lipinski definition) is 0. The van der Waals surface area contributed by atoms with Gasteiger partial charge in [0.15, 0.2) is 5.58 Å². The van der Waals surface area contributed by atoms with Gasteiger partial charge < -0.3 is 4.42 Å². The number of rotatable bonds is 38. The molecule has 0 spiro atoms. The largest absolute Gasteiger partial charge is 0.436 e. The zero-order chi connectivity index (χ0) is 48.7. The number of allylic oxidation sites excluding steroid dienone is 1. The number of aromatic nitrogens is 1. The fraction of sp³-hybridized carbons (Fsp3) is 0.576. The van der Waals surface area contributed by atoms with Crippen LogP contribution in [0.15, 0.2) is 107 Å². The first-order valence-corrected chi connectivity index (χ1v) is 29.4. The molecule has 380 valence electrons. The molecule has 1 aliphatic heterocycles. The van der Waals surface area contributed by atoms with Gasteiger partial charge in [-0.15, -0.1) is 0 Å². The first-order chi connectivity index (χ1) is 34.6. The molecule has 0 radical (unpaired) electrons. The summed E-state index contributed by atoms with van der Waals surface area (Å²) in [5.41, 5.74) is 11.8. The number of nitrogens with zero attached hydrogens (tertiary/aromatic N) is 3. The highest BCUT2D eigenvalue weighted by atomic mass is 16.3. The zero-order valence-electron chi connectivity index (χ0n) is 44.7. The van der Waals surface area contributed by atoms with Crippen molar-refractivity contribution in [2.45, 2.75) is 245 Å². The third kappa shape index (κ3) is 20.0. The minimum atomic E-state index is 0.124. The van der Waals surface area contributed by atoms with Gasteiger partial charge in [-0.3, -0.25) is 5.01 Å². The van der Waals surface area contributed by atoms with Gasteiger partial charge in [0.1, 0.15) is 5.52 Å². The van der Waals surface area contributed by atoms with Crippen molar-refractivity contribution < 1.29 is 4.42 Å². The summed E-state index contributed by atoms with van der Waals surface area (Å²) >= 11 is 0. The van der Waals surface area contributed by atoms with Gasteiger partial charge in [0, 0.05) is 12.0 Å². The third-order valence-electron chi connectivity index (χ3n) is 15.0. The molecule has 0 amide bonds. The lowest BCUT2D eigenvalue weighted by molar-refractivity contribution is 0.556. The van der Waals surface area contributed by atoms with Crippen molar-refractivity contribution in [2.75, 3.05) is 5.01 Å². The molecule has 0 aliphatic carbocycles. The molecular formula is C66H95N3O. The molecule has 4 aromatic carbocycles. The van der Waals surface area contributed by atoms with E-state index in [4.69, 9.17) is 14.5 Å². The molecule has 5 aromatic rings. The number of benzene rings is 4. The van der Waals surface area contributed by atoms with E-state index in [-0.39, 0.29) is 6.04 Å².